The molecule has 0 bridgehead atoms. The number of phenols is 1. The maximum atomic E-state index is 10.7. The van der Waals surface area contributed by atoms with Crippen LogP contribution in [0.2, 0.25) is 0 Å². The number of benzene rings is 3. The van der Waals surface area contributed by atoms with Gasteiger partial charge in [-0.1, -0.05) is 30.3 Å². The van der Waals surface area contributed by atoms with Gasteiger partial charge in [-0.3, -0.25) is 4.90 Å². The second kappa shape index (κ2) is 8.57. The van der Waals surface area contributed by atoms with Gasteiger partial charge < -0.3 is 14.6 Å². The van der Waals surface area contributed by atoms with Gasteiger partial charge in [0.1, 0.15) is 17.4 Å². The molecule has 0 unspecified atom stereocenters. The fourth-order valence-corrected chi connectivity index (χ4v) is 4.93. The fraction of sp³-hybridized carbons (Fsp3) is 0.240. The van der Waals surface area contributed by atoms with Crippen molar-refractivity contribution in [2.75, 3.05) is 19.8 Å². The number of nitrogens with zero attached hydrogens (tertiary/aromatic N) is 2. The zero-order valence-corrected chi connectivity index (χ0v) is 18.2. The van der Waals surface area contributed by atoms with Crippen LogP contribution in [-0.4, -0.2) is 34.7 Å². The average Bonchev–Trinajstić information content (AvgIpc) is 3.10. The number of rotatable bonds is 5. The van der Waals surface area contributed by atoms with Crippen LogP contribution >= 0.6 is 11.3 Å². The summed E-state index contributed by atoms with van der Waals surface area (Å²) in [6.45, 7) is 5.37. The van der Waals surface area contributed by atoms with E-state index in [1.54, 1.807) is 17.4 Å². The molecule has 1 aliphatic heterocycles. The summed E-state index contributed by atoms with van der Waals surface area (Å²) in [4.78, 5) is 7.08. The lowest BCUT2D eigenvalue weighted by atomic mass is 10.1. The van der Waals surface area contributed by atoms with Gasteiger partial charge in [0.2, 0.25) is 0 Å². The van der Waals surface area contributed by atoms with Gasteiger partial charge in [0.25, 0.3) is 0 Å². The van der Waals surface area contributed by atoms with Crippen LogP contribution in [0.5, 0.6) is 17.2 Å². The predicted molar refractivity (Wildman–Crippen MR) is 124 cm³/mol. The van der Waals surface area contributed by atoms with Crippen molar-refractivity contribution in [2.45, 2.75) is 20.0 Å². The monoisotopic (exact) mass is 432 g/mol. The van der Waals surface area contributed by atoms with E-state index in [-0.39, 0.29) is 5.75 Å². The van der Waals surface area contributed by atoms with E-state index in [0.717, 1.165) is 50.8 Å². The van der Waals surface area contributed by atoms with Crippen molar-refractivity contribution in [1.82, 2.24) is 9.88 Å². The third-order valence-electron chi connectivity index (χ3n) is 5.40. The number of phenolic OH excluding ortho intramolecular Hbond substituents is 1. The fourth-order valence-electron chi connectivity index (χ4n) is 3.98. The van der Waals surface area contributed by atoms with Gasteiger partial charge in [0.15, 0.2) is 11.5 Å². The number of fused-ring (bicyclic) bond motifs is 2. The first-order valence-electron chi connectivity index (χ1n) is 10.5. The van der Waals surface area contributed by atoms with Crippen LogP contribution in [0, 0.1) is 0 Å². The third kappa shape index (κ3) is 4.09. The van der Waals surface area contributed by atoms with Crippen molar-refractivity contribution < 1.29 is 14.6 Å². The SMILES string of the molecule is CCOc1ccccc1CN1CCOc2c(O)cc(-c3nc4ccccc4s3)cc2C1. The molecule has 1 aromatic heterocycles. The molecule has 0 radical (unpaired) electrons. The normalized spacial score (nSPS) is 14.1. The van der Waals surface area contributed by atoms with Crippen LogP contribution in [0.1, 0.15) is 18.1 Å². The third-order valence-corrected chi connectivity index (χ3v) is 6.49. The smallest absolute Gasteiger partial charge is 0.165 e. The van der Waals surface area contributed by atoms with Crippen molar-refractivity contribution in [2.24, 2.45) is 0 Å². The molecule has 0 spiro atoms. The Morgan fingerprint density at radius 2 is 1.97 bits per heavy atom. The zero-order valence-electron chi connectivity index (χ0n) is 17.4. The van der Waals surface area contributed by atoms with Crippen molar-refractivity contribution >= 4 is 21.6 Å². The number of hydrogen-bond donors (Lipinski definition) is 1. The highest BCUT2D eigenvalue weighted by atomic mass is 32.1. The summed E-state index contributed by atoms with van der Waals surface area (Å²) < 4.78 is 12.9. The number of aromatic nitrogens is 1. The molecule has 1 N–H and O–H groups in total. The van der Waals surface area contributed by atoms with Crippen LogP contribution in [0.3, 0.4) is 0 Å². The Labute approximate surface area is 185 Å². The van der Waals surface area contributed by atoms with E-state index in [2.05, 4.69) is 23.1 Å². The summed E-state index contributed by atoms with van der Waals surface area (Å²) in [5.74, 6) is 1.66. The minimum atomic E-state index is 0.170. The lowest BCUT2D eigenvalue weighted by molar-refractivity contribution is 0.214. The Kier molecular flexibility index (Phi) is 5.49. The van der Waals surface area contributed by atoms with Gasteiger partial charge in [-0.15, -0.1) is 11.3 Å². The Balaban J connectivity index is 1.46. The zero-order chi connectivity index (χ0) is 21.2. The van der Waals surface area contributed by atoms with E-state index in [1.165, 1.54) is 0 Å². The van der Waals surface area contributed by atoms with Crippen LogP contribution < -0.4 is 9.47 Å². The Hall–Kier alpha value is -3.09. The van der Waals surface area contributed by atoms with E-state index in [4.69, 9.17) is 14.5 Å². The van der Waals surface area contributed by atoms with Crippen molar-refractivity contribution in [3.63, 3.8) is 0 Å². The van der Waals surface area contributed by atoms with Crippen molar-refractivity contribution in [3.05, 3.63) is 71.8 Å². The first kappa shape index (κ1) is 19.8. The molecule has 1 aliphatic rings. The predicted octanol–water partition coefficient (Wildman–Crippen LogP) is 5.46. The quantitative estimate of drug-likeness (QED) is 0.454. The minimum absolute atomic E-state index is 0.170. The molecule has 0 fully saturated rings. The summed E-state index contributed by atoms with van der Waals surface area (Å²) >= 11 is 1.63. The highest BCUT2D eigenvalue weighted by Gasteiger charge is 2.21. The number of thiazole rings is 1. The molecule has 5 rings (SSSR count). The molecule has 5 nitrogen and oxygen atoms in total. The van der Waals surface area contributed by atoms with Gasteiger partial charge in [-0.05, 0) is 37.3 Å². The standard InChI is InChI=1S/C25H24N2O3S/c1-2-29-22-9-5-3-7-17(22)15-27-11-12-30-24-19(16-27)13-18(14-21(24)28)25-26-20-8-4-6-10-23(20)31-25/h3-10,13-14,28H,2,11-12,15-16H2,1H3. The summed E-state index contributed by atoms with van der Waals surface area (Å²) in [5.41, 5.74) is 4.01. The molecular formula is C25H24N2O3S. The molecule has 2 heterocycles. The Morgan fingerprint density at radius 1 is 1.13 bits per heavy atom. The summed E-state index contributed by atoms with van der Waals surface area (Å²) in [5, 5.41) is 11.6. The van der Waals surface area contributed by atoms with Gasteiger partial charge in [0, 0.05) is 36.3 Å². The molecule has 0 saturated carbocycles. The van der Waals surface area contributed by atoms with E-state index >= 15 is 0 Å². The topological polar surface area (TPSA) is 54.8 Å². The highest BCUT2D eigenvalue weighted by molar-refractivity contribution is 7.21. The molecule has 0 aliphatic carbocycles. The largest absolute Gasteiger partial charge is 0.504 e. The number of para-hydroxylation sites is 2. The Morgan fingerprint density at radius 3 is 2.84 bits per heavy atom. The van der Waals surface area contributed by atoms with Gasteiger partial charge in [-0.25, -0.2) is 4.98 Å². The van der Waals surface area contributed by atoms with Crippen LogP contribution in [0.4, 0.5) is 0 Å². The molecular weight excluding hydrogens is 408 g/mol. The minimum Gasteiger partial charge on any atom is -0.504 e. The molecule has 6 heteroatoms. The molecule has 3 aromatic carbocycles. The summed E-state index contributed by atoms with van der Waals surface area (Å²) in [7, 11) is 0. The second-order valence-electron chi connectivity index (χ2n) is 7.57. The van der Waals surface area contributed by atoms with E-state index in [1.807, 2.05) is 43.3 Å². The van der Waals surface area contributed by atoms with Crippen molar-refractivity contribution in [3.8, 4) is 27.8 Å². The van der Waals surface area contributed by atoms with Crippen LogP contribution in [0.15, 0.2) is 60.7 Å². The molecule has 158 valence electrons. The first-order chi connectivity index (χ1) is 15.2. The molecule has 31 heavy (non-hydrogen) atoms. The van der Waals surface area contributed by atoms with E-state index < -0.39 is 0 Å². The van der Waals surface area contributed by atoms with Crippen molar-refractivity contribution in [1.29, 1.82) is 0 Å². The lowest BCUT2D eigenvalue weighted by Gasteiger charge is -2.21. The summed E-state index contributed by atoms with van der Waals surface area (Å²) in [6.07, 6.45) is 0. The lowest BCUT2D eigenvalue weighted by Crippen LogP contribution is -2.25. The Bertz CT molecular complexity index is 1190. The van der Waals surface area contributed by atoms with Gasteiger partial charge in [0.05, 0.1) is 16.8 Å². The second-order valence-corrected chi connectivity index (χ2v) is 8.60. The van der Waals surface area contributed by atoms with Gasteiger partial charge >= 0.3 is 0 Å². The first-order valence-corrected chi connectivity index (χ1v) is 11.3. The number of hydrogen-bond acceptors (Lipinski definition) is 6. The van der Waals surface area contributed by atoms with E-state index in [0.29, 0.717) is 25.5 Å². The van der Waals surface area contributed by atoms with E-state index in [9.17, 15) is 5.11 Å². The summed E-state index contributed by atoms with van der Waals surface area (Å²) in [6, 6.07) is 20.1. The molecule has 0 amide bonds. The molecule has 0 atom stereocenters. The highest BCUT2D eigenvalue weighted by Crippen LogP contribution is 2.40. The van der Waals surface area contributed by atoms with Crippen LogP contribution in [-0.2, 0) is 13.1 Å². The molecule has 4 aromatic rings. The maximum Gasteiger partial charge on any atom is 0.165 e. The number of ether oxygens (including phenoxy) is 2. The van der Waals surface area contributed by atoms with Crippen LogP contribution in [0.25, 0.3) is 20.8 Å². The average molecular weight is 433 g/mol. The number of aromatic hydroxyl groups is 1. The maximum absolute atomic E-state index is 10.7. The molecule has 0 saturated heterocycles. The van der Waals surface area contributed by atoms with Gasteiger partial charge in [-0.2, -0.15) is 0 Å².